The number of nitrogens with zero attached hydrogens (tertiary/aromatic N) is 1. The molecule has 0 spiro atoms. The van der Waals surface area contributed by atoms with Crippen LogP contribution >= 0.6 is 0 Å². The van der Waals surface area contributed by atoms with Crippen LogP contribution in [0.25, 0.3) is 0 Å². The molecule has 0 aliphatic carbocycles. The first kappa shape index (κ1) is 18.0. The average Bonchev–Trinajstić information content (AvgIpc) is 2.63. The van der Waals surface area contributed by atoms with Gasteiger partial charge in [0.2, 0.25) is 0 Å². The molecule has 0 unspecified atom stereocenters. The van der Waals surface area contributed by atoms with Crippen LogP contribution in [-0.4, -0.2) is 36.7 Å². The Morgan fingerprint density at radius 2 is 1.96 bits per heavy atom. The fourth-order valence-corrected chi connectivity index (χ4v) is 4.08. The fourth-order valence-electron chi connectivity index (χ4n) is 4.08. The lowest BCUT2D eigenvalue weighted by molar-refractivity contribution is 0.103. The molecule has 1 aliphatic rings. The van der Waals surface area contributed by atoms with Gasteiger partial charge >= 0.3 is 0 Å². The highest BCUT2D eigenvalue weighted by Gasteiger charge is 2.38. The summed E-state index contributed by atoms with van der Waals surface area (Å²) in [5, 5.41) is 13.3. The van der Waals surface area contributed by atoms with Gasteiger partial charge in [0.1, 0.15) is 5.75 Å². The van der Waals surface area contributed by atoms with E-state index in [0.717, 1.165) is 26.1 Å². The minimum absolute atomic E-state index is 0.122. The zero-order chi connectivity index (χ0) is 17.9. The van der Waals surface area contributed by atoms with E-state index >= 15 is 0 Å². The highest BCUT2D eigenvalue weighted by Crippen LogP contribution is 2.40. The van der Waals surface area contributed by atoms with Crippen molar-refractivity contribution in [2.75, 3.05) is 26.7 Å². The molecule has 0 aromatic heterocycles. The van der Waals surface area contributed by atoms with Crippen LogP contribution in [0.15, 0.2) is 54.6 Å². The molecule has 25 heavy (non-hydrogen) atoms. The van der Waals surface area contributed by atoms with E-state index in [4.69, 9.17) is 0 Å². The molecule has 2 aromatic carbocycles. The van der Waals surface area contributed by atoms with Gasteiger partial charge in [-0.1, -0.05) is 56.3 Å². The van der Waals surface area contributed by atoms with Crippen molar-refractivity contribution in [3.05, 3.63) is 65.7 Å². The molecule has 0 saturated carbocycles. The molecule has 0 bridgehead atoms. The van der Waals surface area contributed by atoms with E-state index in [0.29, 0.717) is 17.7 Å². The van der Waals surface area contributed by atoms with E-state index in [9.17, 15) is 5.11 Å². The minimum atomic E-state index is 0.122. The SMILES string of the molecule is CN[C@H](CN1CC[C@@](C)(c2cccc(O)c2)[C@@H](C)C1)c1ccccc1. The van der Waals surface area contributed by atoms with Crippen LogP contribution in [0.3, 0.4) is 0 Å². The van der Waals surface area contributed by atoms with E-state index < -0.39 is 0 Å². The third kappa shape index (κ3) is 3.88. The molecule has 3 heteroatoms. The second-order valence-electron chi connectivity index (χ2n) is 7.63. The Hall–Kier alpha value is -1.84. The first-order chi connectivity index (χ1) is 12.0. The monoisotopic (exact) mass is 338 g/mol. The zero-order valence-corrected chi connectivity index (χ0v) is 15.6. The molecule has 1 fully saturated rings. The molecular formula is C22H30N2O. The maximum Gasteiger partial charge on any atom is 0.115 e. The fraction of sp³-hybridized carbons (Fsp3) is 0.455. The number of hydrogen-bond acceptors (Lipinski definition) is 3. The quantitative estimate of drug-likeness (QED) is 0.866. The van der Waals surface area contributed by atoms with Crippen molar-refractivity contribution in [1.29, 1.82) is 0 Å². The number of likely N-dealkylation sites (N-methyl/N-ethyl adjacent to an activating group) is 1. The van der Waals surface area contributed by atoms with Gasteiger partial charge in [-0.2, -0.15) is 0 Å². The van der Waals surface area contributed by atoms with Gasteiger partial charge < -0.3 is 15.3 Å². The summed E-state index contributed by atoms with van der Waals surface area (Å²) >= 11 is 0. The Kier molecular flexibility index (Phi) is 5.45. The van der Waals surface area contributed by atoms with Crippen molar-refractivity contribution >= 4 is 0 Å². The van der Waals surface area contributed by atoms with Crippen molar-refractivity contribution in [2.24, 2.45) is 5.92 Å². The number of benzene rings is 2. The van der Waals surface area contributed by atoms with Gasteiger partial charge in [-0.3, -0.25) is 0 Å². The van der Waals surface area contributed by atoms with Crippen molar-refractivity contribution in [3.8, 4) is 5.75 Å². The number of rotatable bonds is 5. The first-order valence-electron chi connectivity index (χ1n) is 9.27. The normalized spacial score (nSPS) is 25.6. The summed E-state index contributed by atoms with van der Waals surface area (Å²) in [6.07, 6.45) is 1.11. The lowest BCUT2D eigenvalue weighted by atomic mass is 9.68. The van der Waals surface area contributed by atoms with Gasteiger partial charge in [0.25, 0.3) is 0 Å². The van der Waals surface area contributed by atoms with Gasteiger partial charge in [0.05, 0.1) is 0 Å². The highest BCUT2D eigenvalue weighted by atomic mass is 16.3. The van der Waals surface area contributed by atoms with Crippen LogP contribution in [-0.2, 0) is 5.41 Å². The van der Waals surface area contributed by atoms with Crippen molar-refractivity contribution in [3.63, 3.8) is 0 Å². The highest BCUT2D eigenvalue weighted by molar-refractivity contribution is 5.33. The second-order valence-corrected chi connectivity index (χ2v) is 7.63. The molecule has 0 radical (unpaired) electrons. The van der Waals surface area contributed by atoms with Crippen molar-refractivity contribution in [2.45, 2.75) is 31.7 Å². The molecule has 3 atom stereocenters. The lowest BCUT2D eigenvalue weighted by Crippen LogP contribution is -2.49. The Morgan fingerprint density at radius 1 is 1.20 bits per heavy atom. The molecule has 1 heterocycles. The maximum absolute atomic E-state index is 9.85. The average molecular weight is 338 g/mol. The smallest absolute Gasteiger partial charge is 0.115 e. The number of piperidine rings is 1. The van der Waals surface area contributed by atoms with Gasteiger partial charge in [0.15, 0.2) is 0 Å². The summed E-state index contributed by atoms with van der Waals surface area (Å²) in [6, 6.07) is 18.9. The molecular weight excluding hydrogens is 308 g/mol. The van der Waals surface area contributed by atoms with Crippen LogP contribution in [0.1, 0.15) is 37.4 Å². The maximum atomic E-state index is 9.85. The molecule has 3 nitrogen and oxygen atoms in total. The molecule has 2 N–H and O–H groups in total. The molecule has 134 valence electrons. The van der Waals surface area contributed by atoms with Gasteiger partial charge in [0, 0.05) is 19.1 Å². The summed E-state index contributed by atoms with van der Waals surface area (Å²) in [5.41, 5.74) is 2.73. The van der Waals surface area contributed by atoms with Crippen LogP contribution < -0.4 is 5.32 Å². The van der Waals surface area contributed by atoms with Crippen LogP contribution in [0.4, 0.5) is 0 Å². The third-order valence-electron chi connectivity index (χ3n) is 6.06. The first-order valence-corrected chi connectivity index (χ1v) is 9.27. The topological polar surface area (TPSA) is 35.5 Å². The van der Waals surface area contributed by atoms with Crippen LogP contribution in [0.2, 0.25) is 0 Å². The summed E-state index contributed by atoms with van der Waals surface area (Å²) in [5.74, 6) is 0.906. The molecule has 3 rings (SSSR count). The Bertz CT molecular complexity index is 687. The Labute approximate surface area is 151 Å². The van der Waals surface area contributed by atoms with Crippen molar-refractivity contribution < 1.29 is 5.11 Å². The summed E-state index contributed by atoms with van der Waals surface area (Å²) in [7, 11) is 2.04. The third-order valence-corrected chi connectivity index (χ3v) is 6.06. The molecule has 1 aliphatic heterocycles. The standard InChI is InChI=1S/C22H30N2O/c1-17-15-24(16-21(23-3)18-8-5-4-6-9-18)13-12-22(17,2)19-10-7-11-20(25)14-19/h4-11,14,17,21,23,25H,12-13,15-16H2,1-3H3/t17-,21+,22+/m0/s1. The predicted molar refractivity (Wildman–Crippen MR) is 104 cm³/mol. The Morgan fingerprint density at radius 3 is 2.60 bits per heavy atom. The van der Waals surface area contributed by atoms with E-state index in [-0.39, 0.29) is 5.41 Å². The Balaban J connectivity index is 1.69. The number of phenolic OH excluding ortho intramolecular Hbond substituents is 1. The van der Waals surface area contributed by atoms with E-state index in [1.807, 2.05) is 19.2 Å². The second kappa shape index (κ2) is 7.59. The number of hydrogen-bond donors (Lipinski definition) is 2. The van der Waals surface area contributed by atoms with Gasteiger partial charge in [-0.05, 0) is 54.6 Å². The van der Waals surface area contributed by atoms with E-state index in [1.54, 1.807) is 6.07 Å². The molecule has 2 aromatic rings. The summed E-state index contributed by atoms with van der Waals surface area (Å²) in [6.45, 7) is 7.88. The van der Waals surface area contributed by atoms with Gasteiger partial charge in [-0.15, -0.1) is 0 Å². The van der Waals surface area contributed by atoms with Gasteiger partial charge in [-0.25, -0.2) is 0 Å². The number of phenols is 1. The van der Waals surface area contributed by atoms with Crippen LogP contribution in [0.5, 0.6) is 5.75 Å². The summed E-state index contributed by atoms with van der Waals surface area (Å²) in [4.78, 5) is 2.57. The van der Waals surface area contributed by atoms with Crippen molar-refractivity contribution in [1.82, 2.24) is 10.2 Å². The molecule has 0 amide bonds. The number of aromatic hydroxyl groups is 1. The van der Waals surface area contributed by atoms with Crippen LogP contribution in [0, 0.1) is 5.92 Å². The number of likely N-dealkylation sites (tertiary alicyclic amines) is 1. The van der Waals surface area contributed by atoms with E-state index in [2.05, 4.69) is 60.5 Å². The predicted octanol–water partition coefficient (Wildman–Crippen LogP) is 3.95. The zero-order valence-electron chi connectivity index (χ0n) is 15.6. The summed E-state index contributed by atoms with van der Waals surface area (Å²) < 4.78 is 0. The minimum Gasteiger partial charge on any atom is -0.508 e. The molecule has 1 saturated heterocycles. The van der Waals surface area contributed by atoms with E-state index in [1.165, 1.54) is 11.1 Å². The largest absolute Gasteiger partial charge is 0.508 e. The lowest BCUT2D eigenvalue weighted by Gasteiger charge is -2.46. The number of nitrogens with one attached hydrogen (secondary N) is 1.